The minimum Gasteiger partial charge on any atom is -0.339 e. The number of nitrogens with zero attached hydrogens (tertiary/aromatic N) is 3. The number of hydrogen-bond acceptors (Lipinski definition) is 3. The Balaban J connectivity index is 1.47. The summed E-state index contributed by atoms with van der Waals surface area (Å²) in [6.45, 7) is 6.93. The molecule has 31 heavy (non-hydrogen) atoms. The molecule has 0 atom stereocenters. The first kappa shape index (κ1) is 21.5. The maximum absolute atomic E-state index is 13.5. The van der Waals surface area contributed by atoms with E-state index in [1.165, 1.54) is 12.1 Å². The van der Waals surface area contributed by atoms with E-state index in [9.17, 15) is 14.0 Å². The second-order valence-corrected chi connectivity index (χ2v) is 8.94. The van der Waals surface area contributed by atoms with Crippen LogP contribution in [-0.2, 0) is 0 Å². The molecule has 2 aromatic rings. The number of carbonyl (C=O) groups excluding carboxylic acids is 2. The van der Waals surface area contributed by atoms with Crippen molar-refractivity contribution < 1.29 is 14.0 Å². The van der Waals surface area contributed by atoms with Gasteiger partial charge in [0, 0.05) is 43.4 Å². The van der Waals surface area contributed by atoms with E-state index >= 15 is 0 Å². The molecule has 0 aliphatic carbocycles. The first-order chi connectivity index (χ1) is 14.9. The van der Waals surface area contributed by atoms with Crippen molar-refractivity contribution in [2.24, 2.45) is 5.92 Å². The molecule has 6 heteroatoms. The number of aryl methyl sites for hydroxylation is 1. The molecule has 1 aromatic heterocycles. The van der Waals surface area contributed by atoms with E-state index in [-0.39, 0.29) is 17.7 Å². The summed E-state index contributed by atoms with van der Waals surface area (Å²) in [4.78, 5) is 34.5. The second-order valence-electron chi connectivity index (χ2n) is 8.94. The van der Waals surface area contributed by atoms with Gasteiger partial charge in [0.05, 0.1) is 11.3 Å². The van der Waals surface area contributed by atoms with Gasteiger partial charge in [-0.25, -0.2) is 4.39 Å². The minimum absolute atomic E-state index is 0.0765. The molecule has 2 aliphatic heterocycles. The van der Waals surface area contributed by atoms with Crippen LogP contribution in [0.2, 0.25) is 0 Å². The van der Waals surface area contributed by atoms with E-state index in [0.717, 1.165) is 50.2 Å². The Labute approximate surface area is 183 Å². The number of piperidine rings is 2. The maximum atomic E-state index is 13.5. The van der Waals surface area contributed by atoms with E-state index in [1.54, 1.807) is 17.0 Å². The van der Waals surface area contributed by atoms with E-state index in [0.29, 0.717) is 30.1 Å². The highest BCUT2D eigenvalue weighted by atomic mass is 19.1. The van der Waals surface area contributed by atoms with Crippen LogP contribution in [0.15, 0.2) is 36.4 Å². The number of pyridine rings is 1. The summed E-state index contributed by atoms with van der Waals surface area (Å²) in [5, 5.41) is 0. The maximum Gasteiger partial charge on any atom is 0.255 e. The summed E-state index contributed by atoms with van der Waals surface area (Å²) in [7, 11) is 0. The van der Waals surface area contributed by atoms with Crippen LogP contribution in [0.25, 0.3) is 0 Å². The zero-order valence-corrected chi connectivity index (χ0v) is 18.3. The number of aromatic nitrogens is 1. The molecule has 3 heterocycles. The van der Waals surface area contributed by atoms with Gasteiger partial charge in [0.25, 0.3) is 11.8 Å². The van der Waals surface area contributed by atoms with Gasteiger partial charge < -0.3 is 9.80 Å². The zero-order valence-electron chi connectivity index (χ0n) is 18.3. The normalized spacial score (nSPS) is 18.3. The topological polar surface area (TPSA) is 53.5 Å². The fourth-order valence-corrected chi connectivity index (χ4v) is 4.61. The Morgan fingerprint density at radius 2 is 1.58 bits per heavy atom. The summed E-state index contributed by atoms with van der Waals surface area (Å²) in [6.07, 6.45) is 3.57. The summed E-state index contributed by atoms with van der Waals surface area (Å²) in [5.74, 6) is 0.334. The van der Waals surface area contributed by atoms with Crippen LogP contribution in [0.4, 0.5) is 4.39 Å². The van der Waals surface area contributed by atoms with Gasteiger partial charge in [-0.15, -0.1) is 0 Å². The summed E-state index contributed by atoms with van der Waals surface area (Å²) < 4.78 is 13.5. The molecule has 2 aliphatic rings. The van der Waals surface area contributed by atoms with Crippen molar-refractivity contribution in [3.8, 4) is 0 Å². The van der Waals surface area contributed by atoms with Gasteiger partial charge in [-0.1, -0.05) is 13.0 Å². The molecular weight excluding hydrogens is 393 g/mol. The third kappa shape index (κ3) is 4.78. The predicted octanol–water partition coefficient (Wildman–Crippen LogP) is 4.42. The van der Waals surface area contributed by atoms with Crippen LogP contribution in [0.5, 0.6) is 0 Å². The van der Waals surface area contributed by atoms with Crippen molar-refractivity contribution >= 4 is 11.8 Å². The minimum atomic E-state index is -0.403. The van der Waals surface area contributed by atoms with Crippen molar-refractivity contribution in [2.45, 2.75) is 45.4 Å². The molecule has 1 aromatic carbocycles. The molecular formula is C25H30FN3O2. The van der Waals surface area contributed by atoms with Crippen LogP contribution in [0, 0.1) is 18.7 Å². The second kappa shape index (κ2) is 9.16. The average molecular weight is 424 g/mol. The third-order valence-electron chi connectivity index (χ3n) is 6.61. The number of amides is 2. The summed E-state index contributed by atoms with van der Waals surface area (Å²) in [6, 6.07) is 9.66. The Morgan fingerprint density at radius 3 is 2.26 bits per heavy atom. The molecule has 0 bridgehead atoms. The highest BCUT2D eigenvalue weighted by molar-refractivity contribution is 5.96. The first-order valence-corrected chi connectivity index (χ1v) is 11.2. The van der Waals surface area contributed by atoms with E-state index in [1.807, 2.05) is 24.0 Å². The largest absolute Gasteiger partial charge is 0.339 e. The highest BCUT2D eigenvalue weighted by Gasteiger charge is 2.30. The van der Waals surface area contributed by atoms with Gasteiger partial charge in [0.1, 0.15) is 5.82 Å². The summed E-state index contributed by atoms with van der Waals surface area (Å²) in [5.41, 5.74) is 2.84. The Morgan fingerprint density at radius 1 is 0.935 bits per heavy atom. The molecule has 0 saturated carbocycles. The first-order valence-electron chi connectivity index (χ1n) is 11.2. The van der Waals surface area contributed by atoms with Crippen molar-refractivity contribution in [3.05, 3.63) is 64.7 Å². The van der Waals surface area contributed by atoms with E-state index in [4.69, 9.17) is 4.98 Å². The van der Waals surface area contributed by atoms with Gasteiger partial charge in [0.2, 0.25) is 0 Å². The Kier molecular flexibility index (Phi) is 6.35. The SMILES string of the molecule is Cc1ccc(C(=O)N2CCC(C)CC2)c(C2CCN(C(=O)c3cccc(F)c3)CC2)n1. The molecule has 164 valence electrons. The molecule has 0 spiro atoms. The Bertz CT molecular complexity index is 961. The van der Waals surface area contributed by atoms with Gasteiger partial charge in [0.15, 0.2) is 0 Å². The lowest BCUT2D eigenvalue weighted by molar-refractivity contribution is 0.0681. The van der Waals surface area contributed by atoms with Crippen LogP contribution in [0.1, 0.15) is 70.6 Å². The van der Waals surface area contributed by atoms with Gasteiger partial charge >= 0.3 is 0 Å². The fraction of sp³-hybridized carbons (Fsp3) is 0.480. The molecule has 2 amide bonds. The number of benzene rings is 1. The van der Waals surface area contributed by atoms with Crippen LogP contribution >= 0.6 is 0 Å². The van der Waals surface area contributed by atoms with Crippen molar-refractivity contribution in [1.82, 2.24) is 14.8 Å². The molecule has 5 nitrogen and oxygen atoms in total. The average Bonchev–Trinajstić information content (AvgIpc) is 2.79. The number of carbonyl (C=O) groups is 2. The van der Waals surface area contributed by atoms with Crippen molar-refractivity contribution in [1.29, 1.82) is 0 Å². The number of hydrogen-bond donors (Lipinski definition) is 0. The molecule has 4 rings (SSSR count). The molecule has 0 radical (unpaired) electrons. The third-order valence-corrected chi connectivity index (χ3v) is 6.61. The van der Waals surface area contributed by atoms with Crippen LogP contribution in [-0.4, -0.2) is 52.8 Å². The molecule has 2 fully saturated rings. The van der Waals surface area contributed by atoms with Crippen molar-refractivity contribution in [2.75, 3.05) is 26.2 Å². The Hall–Kier alpha value is -2.76. The number of rotatable bonds is 3. The quantitative estimate of drug-likeness (QED) is 0.734. The zero-order chi connectivity index (χ0) is 22.0. The molecule has 2 saturated heterocycles. The molecule has 0 unspecified atom stereocenters. The van der Waals surface area contributed by atoms with E-state index < -0.39 is 5.82 Å². The lowest BCUT2D eigenvalue weighted by atomic mass is 9.89. The predicted molar refractivity (Wildman–Crippen MR) is 118 cm³/mol. The summed E-state index contributed by atoms with van der Waals surface area (Å²) >= 11 is 0. The van der Waals surface area contributed by atoms with Gasteiger partial charge in [-0.2, -0.15) is 0 Å². The number of likely N-dealkylation sites (tertiary alicyclic amines) is 2. The highest BCUT2D eigenvalue weighted by Crippen LogP contribution is 2.31. The lowest BCUT2D eigenvalue weighted by Gasteiger charge is -2.34. The van der Waals surface area contributed by atoms with Crippen molar-refractivity contribution in [3.63, 3.8) is 0 Å². The van der Waals surface area contributed by atoms with Gasteiger partial charge in [-0.05, 0) is 68.9 Å². The van der Waals surface area contributed by atoms with Crippen LogP contribution < -0.4 is 0 Å². The van der Waals surface area contributed by atoms with Crippen LogP contribution in [0.3, 0.4) is 0 Å². The standard InChI is InChI=1S/C25H30FN3O2/c1-17-8-12-29(13-9-17)25(31)22-7-6-18(2)27-23(22)19-10-14-28(15-11-19)24(30)20-4-3-5-21(26)16-20/h3-7,16-17,19H,8-15H2,1-2H3. The number of halogens is 1. The fourth-order valence-electron chi connectivity index (χ4n) is 4.61. The smallest absolute Gasteiger partial charge is 0.255 e. The molecule has 0 N–H and O–H groups in total. The van der Waals surface area contributed by atoms with E-state index in [2.05, 4.69) is 6.92 Å². The monoisotopic (exact) mass is 423 g/mol. The lowest BCUT2D eigenvalue weighted by Crippen LogP contribution is -2.40. The van der Waals surface area contributed by atoms with Gasteiger partial charge in [-0.3, -0.25) is 14.6 Å².